The van der Waals surface area contributed by atoms with Crippen molar-refractivity contribution in [2.45, 2.75) is 35.8 Å². The van der Waals surface area contributed by atoms with Crippen LogP contribution in [0.3, 0.4) is 0 Å². The zero-order valence-electron chi connectivity index (χ0n) is 8.24. The second-order valence-electron chi connectivity index (χ2n) is 4.21. The summed E-state index contributed by atoms with van der Waals surface area (Å²) in [6, 6.07) is 0. The molecule has 0 bridgehead atoms. The Balaban J connectivity index is 2.90. The van der Waals surface area contributed by atoms with Crippen molar-refractivity contribution in [2.24, 2.45) is 5.41 Å². The summed E-state index contributed by atoms with van der Waals surface area (Å²) in [6.07, 6.45) is 3.07. The van der Waals surface area contributed by atoms with Crippen LogP contribution in [0.15, 0.2) is 11.6 Å². The minimum absolute atomic E-state index is 0.0565. The molecule has 0 aromatic carbocycles. The van der Waals surface area contributed by atoms with Gasteiger partial charge >= 0.3 is 0 Å². The molecule has 0 spiro atoms. The van der Waals surface area contributed by atoms with Gasteiger partial charge in [0.1, 0.15) is 0 Å². The van der Waals surface area contributed by atoms with E-state index in [4.69, 9.17) is 23.2 Å². The van der Waals surface area contributed by atoms with Gasteiger partial charge in [-0.2, -0.15) is 0 Å². The van der Waals surface area contributed by atoms with Crippen molar-refractivity contribution in [3.63, 3.8) is 0 Å². The summed E-state index contributed by atoms with van der Waals surface area (Å²) in [5.41, 5.74) is 1.31. The lowest BCUT2D eigenvalue weighted by atomic mass is 9.76. The van der Waals surface area contributed by atoms with Crippen molar-refractivity contribution in [1.29, 1.82) is 0 Å². The number of allylic oxidation sites excluding steroid dienone is 2. The predicted octanol–water partition coefficient (Wildman–Crippen LogP) is 4.72. The predicted molar refractivity (Wildman–Crippen MR) is 72.3 cm³/mol. The van der Waals surface area contributed by atoms with Crippen LogP contribution in [0, 0.1) is 5.41 Å². The number of alkyl halides is 4. The molecule has 0 radical (unpaired) electrons. The Hall–Kier alpha value is 1.28. The molecule has 0 amide bonds. The second kappa shape index (κ2) is 5.07. The molecule has 14 heavy (non-hydrogen) atoms. The average molecular weight is 365 g/mol. The zero-order valence-corrected chi connectivity index (χ0v) is 12.9. The van der Waals surface area contributed by atoms with E-state index in [-0.39, 0.29) is 21.0 Å². The van der Waals surface area contributed by atoms with Gasteiger partial charge in [-0.1, -0.05) is 51.8 Å². The van der Waals surface area contributed by atoms with E-state index in [2.05, 4.69) is 51.8 Å². The number of hydrogen-bond acceptors (Lipinski definition) is 0. The Morgan fingerprint density at radius 1 is 1.64 bits per heavy atom. The van der Waals surface area contributed by atoms with Gasteiger partial charge in [0.15, 0.2) is 0 Å². The van der Waals surface area contributed by atoms with Crippen molar-refractivity contribution in [2.75, 3.05) is 5.33 Å². The van der Waals surface area contributed by atoms with Crippen LogP contribution < -0.4 is 0 Å². The SMILES string of the molecule is CC1(C)[C@@H](Cl)CC=C([C@@H](Cl)CBr)[C@@H]1Br. The molecule has 0 aromatic heterocycles. The van der Waals surface area contributed by atoms with E-state index < -0.39 is 0 Å². The molecule has 0 saturated heterocycles. The highest BCUT2D eigenvalue weighted by molar-refractivity contribution is 9.09. The van der Waals surface area contributed by atoms with Gasteiger partial charge < -0.3 is 0 Å². The molecule has 1 rings (SSSR count). The largest absolute Gasteiger partial charge is 0.122 e. The van der Waals surface area contributed by atoms with E-state index in [1.165, 1.54) is 5.57 Å². The van der Waals surface area contributed by atoms with E-state index in [0.717, 1.165) is 11.8 Å². The molecule has 0 heterocycles. The first-order chi connectivity index (χ1) is 6.41. The Kier molecular flexibility index (Phi) is 4.84. The minimum atomic E-state index is 0.0565. The lowest BCUT2D eigenvalue weighted by Crippen LogP contribution is -2.40. The lowest BCUT2D eigenvalue weighted by Gasteiger charge is -2.40. The first kappa shape index (κ1) is 13.3. The van der Waals surface area contributed by atoms with Crippen LogP contribution >= 0.6 is 55.1 Å². The molecule has 1 aliphatic rings. The topological polar surface area (TPSA) is 0 Å². The molecule has 0 aliphatic heterocycles. The van der Waals surface area contributed by atoms with Crippen LogP contribution in [-0.2, 0) is 0 Å². The highest BCUT2D eigenvalue weighted by Gasteiger charge is 2.40. The van der Waals surface area contributed by atoms with Gasteiger partial charge in [0, 0.05) is 15.5 Å². The van der Waals surface area contributed by atoms with Gasteiger partial charge in [0.25, 0.3) is 0 Å². The molecular weight excluding hydrogens is 351 g/mol. The highest BCUT2D eigenvalue weighted by atomic mass is 79.9. The fourth-order valence-corrected chi connectivity index (χ4v) is 3.54. The third-order valence-corrected chi connectivity index (χ3v) is 6.69. The smallest absolute Gasteiger partial charge is 0.0653 e. The molecular formula is C10H14Br2Cl2. The monoisotopic (exact) mass is 362 g/mol. The molecule has 4 heteroatoms. The molecule has 0 nitrogen and oxygen atoms in total. The van der Waals surface area contributed by atoms with E-state index in [1.54, 1.807) is 0 Å². The van der Waals surface area contributed by atoms with Crippen molar-refractivity contribution in [3.05, 3.63) is 11.6 Å². The van der Waals surface area contributed by atoms with Crippen LogP contribution in [0.4, 0.5) is 0 Å². The van der Waals surface area contributed by atoms with Gasteiger partial charge in [-0.3, -0.25) is 0 Å². The average Bonchev–Trinajstić information content (AvgIpc) is 2.14. The molecule has 3 atom stereocenters. The van der Waals surface area contributed by atoms with Crippen LogP contribution in [0.25, 0.3) is 0 Å². The Labute approximate surface area is 113 Å². The van der Waals surface area contributed by atoms with Crippen molar-refractivity contribution in [3.8, 4) is 0 Å². The van der Waals surface area contributed by atoms with Crippen molar-refractivity contribution >= 4 is 55.1 Å². The van der Waals surface area contributed by atoms with Crippen molar-refractivity contribution in [1.82, 2.24) is 0 Å². The van der Waals surface area contributed by atoms with Crippen molar-refractivity contribution < 1.29 is 0 Å². The molecule has 0 saturated carbocycles. The van der Waals surface area contributed by atoms with E-state index >= 15 is 0 Å². The maximum absolute atomic E-state index is 6.29. The minimum Gasteiger partial charge on any atom is -0.122 e. The first-order valence-corrected chi connectivity index (χ1v) is 7.50. The maximum Gasteiger partial charge on any atom is 0.0653 e. The van der Waals surface area contributed by atoms with Gasteiger partial charge in [-0.15, -0.1) is 23.2 Å². The van der Waals surface area contributed by atoms with E-state index in [9.17, 15) is 0 Å². The summed E-state index contributed by atoms with van der Waals surface area (Å²) < 4.78 is 0. The number of rotatable bonds is 2. The van der Waals surface area contributed by atoms with Gasteiger partial charge in [-0.05, 0) is 17.4 Å². The summed E-state index contributed by atoms with van der Waals surface area (Å²) in [5, 5.41) is 1.02. The Morgan fingerprint density at radius 2 is 2.21 bits per heavy atom. The fourth-order valence-electron chi connectivity index (χ4n) is 1.61. The number of halogens is 4. The summed E-state index contributed by atoms with van der Waals surface area (Å²) >= 11 is 19.6. The maximum atomic E-state index is 6.29. The molecule has 0 aromatic rings. The van der Waals surface area contributed by atoms with Gasteiger partial charge in [-0.25, -0.2) is 0 Å². The van der Waals surface area contributed by atoms with Crippen LogP contribution in [0.1, 0.15) is 20.3 Å². The standard InChI is InChI=1S/C10H14Br2Cl2/c1-10(2)8(14)4-3-6(9(10)12)7(13)5-11/h3,7-9H,4-5H2,1-2H3/t7-,8-,9-/m0/s1. The van der Waals surface area contributed by atoms with E-state index in [1.807, 2.05) is 0 Å². The molecule has 82 valence electrons. The summed E-state index contributed by atoms with van der Waals surface area (Å²) in [4.78, 5) is 0.270. The first-order valence-electron chi connectivity index (χ1n) is 4.59. The summed E-state index contributed by atoms with van der Waals surface area (Å²) in [5.74, 6) is 0. The van der Waals surface area contributed by atoms with Crippen LogP contribution in [0.5, 0.6) is 0 Å². The van der Waals surface area contributed by atoms with Crippen LogP contribution in [-0.4, -0.2) is 20.9 Å². The quantitative estimate of drug-likeness (QED) is 0.491. The van der Waals surface area contributed by atoms with Gasteiger partial charge in [0.05, 0.1) is 5.38 Å². The van der Waals surface area contributed by atoms with E-state index in [0.29, 0.717) is 0 Å². The normalized spacial score (nSPS) is 33.7. The molecule has 0 unspecified atom stereocenters. The van der Waals surface area contributed by atoms with Crippen LogP contribution in [0.2, 0.25) is 0 Å². The van der Waals surface area contributed by atoms with Gasteiger partial charge in [0.2, 0.25) is 0 Å². The zero-order chi connectivity index (χ0) is 10.9. The lowest BCUT2D eigenvalue weighted by molar-refractivity contribution is 0.340. The summed E-state index contributed by atoms with van der Waals surface area (Å²) in [7, 11) is 0. The molecule has 0 N–H and O–H groups in total. The fraction of sp³-hybridized carbons (Fsp3) is 0.800. The Bertz CT molecular complexity index is 238. The third-order valence-electron chi connectivity index (χ3n) is 2.81. The molecule has 1 aliphatic carbocycles. The highest BCUT2D eigenvalue weighted by Crippen LogP contribution is 2.45. The second-order valence-corrected chi connectivity index (χ2v) is 6.83. The third kappa shape index (κ3) is 2.50. The summed E-state index contributed by atoms with van der Waals surface area (Å²) in [6.45, 7) is 4.35. The number of hydrogen-bond donors (Lipinski definition) is 0. The Morgan fingerprint density at radius 3 is 2.71 bits per heavy atom. The molecule has 0 fully saturated rings.